The molecule has 1 amide bonds. The van der Waals surface area contributed by atoms with Crippen molar-refractivity contribution >= 4 is 40.6 Å². The van der Waals surface area contributed by atoms with Gasteiger partial charge in [0.1, 0.15) is 11.0 Å². The van der Waals surface area contributed by atoms with Crippen LogP contribution in [0.3, 0.4) is 0 Å². The number of nitrogens with zero attached hydrogens (tertiary/aromatic N) is 3. The minimum Gasteiger partial charge on any atom is -0.342 e. The molecule has 0 aliphatic heterocycles. The molecular weight excluding hydrogens is 436 g/mol. The predicted molar refractivity (Wildman–Crippen MR) is 123 cm³/mol. The Morgan fingerprint density at radius 3 is 2.77 bits per heavy atom. The van der Waals surface area contributed by atoms with E-state index in [0.29, 0.717) is 5.02 Å². The van der Waals surface area contributed by atoms with Crippen LogP contribution in [0.25, 0.3) is 5.69 Å². The summed E-state index contributed by atoms with van der Waals surface area (Å²) in [6.07, 6.45) is 5.35. The van der Waals surface area contributed by atoms with Crippen molar-refractivity contribution in [3.8, 4) is 5.69 Å². The molecule has 1 atom stereocenters. The lowest BCUT2D eigenvalue weighted by atomic mass is 10.1. The third-order valence-corrected chi connectivity index (χ3v) is 6.79. The summed E-state index contributed by atoms with van der Waals surface area (Å²) in [6.45, 7) is 1.97. The van der Waals surface area contributed by atoms with Crippen LogP contribution in [0.2, 0.25) is 5.02 Å². The largest absolute Gasteiger partial charge is 0.342 e. The van der Waals surface area contributed by atoms with Gasteiger partial charge in [-0.3, -0.25) is 9.36 Å². The summed E-state index contributed by atoms with van der Waals surface area (Å²) in [4.78, 5) is 21.6. The first-order chi connectivity index (χ1) is 14.6. The van der Waals surface area contributed by atoms with E-state index in [2.05, 4.69) is 15.3 Å². The average Bonchev–Trinajstić information content (AvgIpc) is 3.45. The first kappa shape index (κ1) is 20.7. The van der Waals surface area contributed by atoms with E-state index < -0.39 is 0 Å². The number of thiazole rings is 1. The minimum absolute atomic E-state index is 0.0820. The van der Waals surface area contributed by atoms with Gasteiger partial charge in [-0.25, -0.2) is 9.97 Å². The van der Waals surface area contributed by atoms with Crippen LogP contribution in [0, 0.1) is 6.92 Å². The van der Waals surface area contributed by atoms with E-state index in [1.54, 1.807) is 12.4 Å². The van der Waals surface area contributed by atoms with E-state index in [0.717, 1.165) is 27.0 Å². The molecule has 2 aromatic carbocycles. The van der Waals surface area contributed by atoms with Crippen LogP contribution in [-0.4, -0.2) is 26.2 Å². The van der Waals surface area contributed by atoms with Gasteiger partial charge in [-0.2, -0.15) is 0 Å². The minimum atomic E-state index is -0.269. The number of aromatic nitrogens is 3. The SMILES string of the molecule is Cc1c(Cl)cccc1-n1ccnc1SCC(=O)NC(c1ccccc1)c1nccs1. The lowest BCUT2D eigenvalue weighted by Gasteiger charge is -2.17. The van der Waals surface area contributed by atoms with Crippen LogP contribution < -0.4 is 5.32 Å². The number of thioether (sulfide) groups is 1. The smallest absolute Gasteiger partial charge is 0.231 e. The molecule has 4 aromatic rings. The summed E-state index contributed by atoms with van der Waals surface area (Å²) < 4.78 is 1.95. The van der Waals surface area contributed by atoms with Crippen molar-refractivity contribution in [2.45, 2.75) is 18.1 Å². The lowest BCUT2D eigenvalue weighted by molar-refractivity contribution is -0.119. The molecule has 0 bridgehead atoms. The summed E-state index contributed by atoms with van der Waals surface area (Å²) in [5.74, 6) is 0.159. The molecule has 1 N–H and O–H groups in total. The zero-order valence-corrected chi connectivity index (χ0v) is 18.5. The Morgan fingerprint density at radius 1 is 1.17 bits per heavy atom. The molecule has 2 heterocycles. The van der Waals surface area contributed by atoms with Crippen LogP contribution in [-0.2, 0) is 4.79 Å². The van der Waals surface area contributed by atoms with Crippen molar-refractivity contribution in [2.75, 3.05) is 5.75 Å². The first-order valence-electron chi connectivity index (χ1n) is 9.29. The fraction of sp³-hybridized carbons (Fsp3) is 0.136. The maximum atomic E-state index is 12.8. The molecule has 4 rings (SSSR count). The van der Waals surface area contributed by atoms with Gasteiger partial charge in [-0.15, -0.1) is 11.3 Å². The number of amides is 1. The molecule has 0 spiro atoms. The quantitative estimate of drug-likeness (QED) is 0.385. The second kappa shape index (κ2) is 9.47. The van der Waals surface area contributed by atoms with E-state index in [-0.39, 0.29) is 17.7 Å². The number of carbonyl (C=O) groups is 1. The summed E-state index contributed by atoms with van der Waals surface area (Å²) in [5, 5.41) is 7.31. The van der Waals surface area contributed by atoms with E-state index in [9.17, 15) is 4.79 Å². The Labute approximate surface area is 188 Å². The molecule has 8 heteroatoms. The van der Waals surface area contributed by atoms with Gasteiger partial charge < -0.3 is 5.32 Å². The highest BCUT2D eigenvalue weighted by molar-refractivity contribution is 7.99. The molecule has 1 unspecified atom stereocenters. The number of carbonyl (C=O) groups excluding carboxylic acids is 1. The highest BCUT2D eigenvalue weighted by Gasteiger charge is 2.20. The Balaban J connectivity index is 1.48. The molecule has 5 nitrogen and oxygen atoms in total. The predicted octanol–water partition coefficient (Wildman–Crippen LogP) is 5.29. The number of imidazole rings is 1. The van der Waals surface area contributed by atoms with Crippen molar-refractivity contribution in [2.24, 2.45) is 0 Å². The molecule has 0 radical (unpaired) electrons. The molecule has 0 saturated carbocycles. The lowest BCUT2D eigenvalue weighted by Crippen LogP contribution is -2.30. The Hall–Kier alpha value is -2.61. The molecule has 152 valence electrons. The van der Waals surface area contributed by atoms with Gasteiger partial charge in [0.05, 0.1) is 11.4 Å². The Morgan fingerprint density at radius 2 is 2.00 bits per heavy atom. The summed E-state index contributed by atoms with van der Waals surface area (Å²) in [5.41, 5.74) is 2.92. The van der Waals surface area contributed by atoms with E-state index in [1.807, 2.05) is 71.6 Å². The van der Waals surface area contributed by atoms with Gasteiger partial charge in [0, 0.05) is 29.0 Å². The number of benzene rings is 2. The zero-order chi connectivity index (χ0) is 20.9. The topological polar surface area (TPSA) is 59.8 Å². The Bertz CT molecular complexity index is 1130. The van der Waals surface area contributed by atoms with E-state index in [4.69, 9.17) is 11.6 Å². The summed E-state index contributed by atoms with van der Waals surface area (Å²) in [6, 6.07) is 15.3. The second-order valence-corrected chi connectivity index (χ2v) is 8.81. The summed E-state index contributed by atoms with van der Waals surface area (Å²) >= 11 is 9.18. The second-order valence-electron chi connectivity index (χ2n) is 6.53. The standard InChI is InChI=1S/C22H19ClN4OS2/c1-15-17(23)8-5-9-18(15)27-12-10-25-22(27)30-14-19(28)26-20(21-24-11-13-29-21)16-6-3-2-4-7-16/h2-13,20H,14H2,1H3,(H,26,28). The third kappa shape index (κ3) is 4.59. The van der Waals surface area contributed by atoms with Crippen LogP contribution in [0.15, 0.2) is 77.7 Å². The first-order valence-corrected chi connectivity index (χ1v) is 11.5. The fourth-order valence-electron chi connectivity index (χ4n) is 3.08. The van der Waals surface area contributed by atoms with Crippen molar-refractivity contribution in [1.29, 1.82) is 0 Å². The summed E-state index contributed by atoms with van der Waals surface area (Å²) in [7, 11) is 0. The van der Waals surface area contributed by atoms with Gasteiger partial charge in [-0.1, -0.05) is 59.8 Å². The fourth-order valence-corrected chi connectivity index (χ4v) is 4.74. The van der Waals surface area contributed by atoms with Gasteiger partial charge in [0.25, 0.3) is 0 Å². The molecule has 0 aliphatic rings. The molecule has 0 fully saturated rings. The molecule has 30 heavy (non-hydrogen) atoms. The average molecular weight is 455 g/mol. The van der Waals surface area contributed by atoms with Crippen molar-refractivity contribution < 1.29 is 4.79 Å². The zero-order valence-electron chi connectivity index (χ0n) is 16.2. The van der Waals surface area contributed by atoms with Crippen molar-refractivity contribution in [3.63, 3.8) is 0 Å². The maximum absolute atomic E-state index is 12.8. The van der Waals surface area contributed by atoms with Crippen LogP contribution >= 0.6 is 34.7 Å². The third-order valence-electron chi connectivity index (χ3n) is 4.57. The van der Waals surface area contributed by atoms with Crippen molar-refractivity contribution in [1.82, 2.24) is 19.9 Å². The number of hydrogen-bond acceptors (Lipinski definition) is 5. The molecular formula is C22H19ClN4OS2. The highest BCUT2D eigenvalue weighted by Crippen LogP contribution is 2.27. The van der Waals surface area contributed by atoms with Gasteiger partial charge >= 0.3 is 0 Å². The van der Waals surface area contributed by atoms with Gasteiger partial charge in [0.15, 0.2) is 5.16 Å². The van der Waals surface area contributed by atoms with Crippen LogP contribution in [0.4, 0.5) is 0 Å². The number of hydrogen-bond donors (Lipinski definition) is 1. The van der Waals surface area contributed by atoms with Gasteiger partial charge in [-0.05, 0) is 30.2 Å². The number of rotatable bonds is 7. The Kier molecular flexibility index (Phi) is 6.52. The van der Waals surface area contributed by atoms with Crippen LogP contribution in [0.1, 0.15) is 22.2 Å². The van der Waals surface area contributed by atoms with E-state index in [1.165, 1.54) is 23.1 Å². The molecule has 2 aromatic heterocycles. The van der Waals surface area contributed by atoms with E-state index >= 15 is 0 Å². The van der Waals surface area contributed by atoms with Crippen LogP contribution in [0.5, 0.6) is 0 Å². The van der Waals surface area contributed by atoms with Crippen molar-refractivity contribution in [3.05, 3.63) is 93.7 Å². The molecule has 0 saturated heterocycles. The van der Waals surface area contributed by atoms with Gasteiger partial charge in [0.2, 0.25) is 5.91 Å². The number of nitrogens with one attached hydrogen (secondary N) is 1. The normalized spacial score (nSPS) is 11.9. The maximum Gasteiger partial charge on any atom is 0.231 e. The highest BCUT2D eigenvalue weighted by atomic mass is 35.5. The monoisotopic (exact) mass is 454 g/mol. The number of halogens is 1. The molecule has 0 aliphatic carbocycles.